The third kappa shape index (κ3) is 4.59. The van der Waals surface area contributed by atoms with E-state index in [0.29, 0.717) is 19.3 Å². The van der Waals surface area contributed by atoms with Gasteiger partial charge in [0.1, 0.15) is 0 Å². The molecular weight excluding hydrogens is 186 g/mol. The molecule has 0 unspecified atom stereocenters. The molecule has 1 rings (SSSR count). The number of imide groups is 1. The summed E-state index contributed by atoms with van der Waals surface area (Å²) in [6, 6.07) is 0. The number of hydrogen-bond donors (Lipinski definition) is 1. The van der Waals surface area contributed by atoms with E-state index < -0.39 is 5.97 Å². The number of carboxylic acid groups (broad SMARTS) is 1. The van der Waals surface area contributed by atoms with Crippen molar-refractivity contribution in [2.24, 2.45) is 0 Å². The molecular formula is C9H15NO4. The van der Waals surface area contributed by atoms with Crippen LogP contribution < -0.4 is 0 Å². The summed E-state index contributed by atoms with van der Waals surface area (Å²) < 4.78 is 0. The second kappa shape index (κ2) is 6.12. The molecule has 0 aromatic heterocycles. The van der Waals surface area contributed by atoms with Gasteiger partial charge in [-0.05, 0) is 6.42 Å². The van der Waals surface area contributed by atoms with Crippen LogP contribution in [0.4, 0.5) is 0 Å². The van der Waals surface area contributed by atoms with E-state index in [1.54, 1.807) is 0 Å². The average Bonchev–Trinajstić information content (AvgIpc) is 2.37. The SMILES string of the molecule is CCCC(=O)O.CN1C(=O)CCC1=O. The predicted octanol–water partition coefficient (Wildman–Crippen LogP) is 0.636. The summed E-state index contributed by atoms with van der Waals surface area (Å²) in [5.41, 5.74) is 0. The molecule has 1 aliphatic heterocycles. The van der Waals surface area contributed by atoms with Gasteiger partial charge in [0.2, 0.25) is 11.8 Å². The van der Waals surface area contributed by atoms with Crippen LogP contribution in [0.1, 0.15) is 32.6 Å². The molecule has 1 heterocycles. The van der Waals surface area contributed by atoms with Crippen molar-refractivity contribution in [3.05, 3.63) is 0 Å². The summed E-state index contributed by atoms with van der Waals surface area (Å²) in [6.45, 7) is 1.84. The van der Waals surface area contributed by atoms with Crippen molar-refractivity contribution in [2.75, 3.05) is 7.05 Å². The average molecular weight is 201 g/mol. The molecule has 0 saturated carbocycles. The topological polar surface area (TPSA) is 74.7 Å². The Morgan fingerprint density at radius 3 is 1.86 bits per heavy atom. The zero-order valence-electron chi connectivity index (χ0n) is 8.45. The van der Waals surface area contributed by atoms with Crippen molar-refractivity contribution in [2.45, 2.75) is 32.6 Å². The Balaban J connectivity index is 0.000000255. The first-order chi connectivity index (χ1) is 6.49. The van der Waals surface area contributed by atoms with E-state index in [1.807, 2.05) is 6.92 Å². The zero-order chi connectivity index (χ0) is 11.1. The van der Waals surface area contributed by atoms with Crippen LogP contribution in [0.2, 0.25) is 0 Å². The molecule has 80 valence electrons. The van der Waals surface area contributed by atoms with E-state index in [2.05, 4.69) is 0 Å². The lowest BCUT2D eigenvalue weighted by Crippen LogP contribution is -2.23. The third-order valence-electron chi connectivity index (χ3n) is 1.76. The minimum Gasteiger partial charge on any atom is -0.481 e. The van der Waals surface area contributed by atoms with Crippen LogP contribution in [0, 0.1) is 0 Å². The van der Waals surface area contributed by atoms with E-state index in [9.17, 15) is 14.4 Å². The first-order valence-corrected chi connectivity index (χ1v) is 4.50. The van der Waals surface area contributed by atoms with Crippen LogP contribution in [-0.4, -0.2) is 34.8 Å². The molecule has 14 heavy (non-hydrogen) atoms. The van der Waals surface area contributed by atoms with Crippen molar-refractivity contribution in [3.63, 3.8) is 0 Å². The smallest absolute Gasteiger partial charge is 0.303 e. The number of amides is 2. The molecule has 5 heteroatoms. The monoisotopic (exact) mass is 201 g/mol. The van der Waals surface area contributed by atoms with Gasteiger partial charge in [0.15, 0.2) is 0 Å². The fourth-order valence-corrected chi connectivity index (χ4v) is 0.902. The van der Waals surface area contributed by atoms with Crippen LogP contribution in [-0.2, 0) is 14.4 Å². The quantitative estimate of drug-likeness (QED) is 0.665. The highest BCUT2D eigenvalue weighted by molar-refractivity contribution is 6.01. The largest absolute Gasteiger partial charge is 0.481 e. The molecule has 5 nitrogen and oxygen atoms in total. The lowest BCUT2D eigenvalue weighted by molar-refractivity contribution is -0.138. The van der Waals surface area contributed by atoms with Gasteiger partial charge in [0, 0.05) is 26.3 Å². The molecule has 1 fully saturated rings. The molecule has 1 N–H and O–H groups in total. The Labute approximate surface area is 82.7 Å². The second-order valence-corrected chi connectivity index (χ2v) is 2.99. The maximum Gasteiger partial charge on any atom is 0.303 e. The van der Waals surface area contributed by atoms with Gasteiger partial charge in [0.25, 0.3) is 0 Å². The number of nitrogens with zero attached hydrogens (tertiary/aromatic N) is 1. The van der Waals surface area contributed by atoms with Crippen molar-refractivity contribution < 1.29 is 19.5 Å². The van der Waals surface area contributed by atoms with Crippen LogP contribution in [0.5, 0.6) is 0 Å². The molecule has 0 atom stereocenters. The lowest BCUT2D eigenvalue weighted by Gasteiger charge is -2.01. The first-order valence-electron chi connectivity index (χ1n) is 4.50. The fraction of sp³-hybridized carbons (Fsp3) is 0.667. The van der Waals surface area contributed by atoms with E-state index >= 15 is 0 Å². The summed E-state index contributed by atoms with van der Waals surface area (Å²) in [4.78, 5) is 31.7. The van der Waals surface area contributed by atoms with Crippen molar-refractivity contribution in [1.29, 1.82) is 0 Å². The Morgan fingerprint density at radius 2 is 1.79 bits per heavy atom. The molecule has 0 spiro atoms. The minimum atomic E-state index is -0.711. The highest BCUT2D eigenvalue weighted by atomic mass is 16.4. The van der Waals surface area contributed by atoms with E-state index in [1.165, 1.54) is 11.9 Å². The fourth-order valence-electron chi connectivity index (χ4n) is 0.902. The maximum absolute atomic E-state index is 10.5. The van der Waals surface area contributed by atoms with Gasteiger partial charge in [-0.1, -0.05) is 6.92 Å². The van der Waals surface area contributed by atoms with Gasteiger partial charge >= 0.3 is 5.97 Å². The van der Waals surface area contributed by atoms with Gasteiger partial charge in [-0.15, -0.1) is 0 Å². The first kappa shape index (κ1) is 12.6. The Kier molecular flexibility index (Phi) is 5.52. The van der Waals surface area contributed by atoms with Crippen LogP contribution in [0.3, 0.4) is 0 Å². The Morgan fingerprint density at radius 1 is 1.36 bits per heavy atom. The maximum atomic E-state index is 10.5. The molecule has 0 aliphatic carbocycles. The van der Waals surface area contributed by atoms with Crippen molar-refractivity contribution >= 4 is 17.8 Å². The van der Waals surface area contributed by atoms with Gasteiger partial charge < -0.3 is 5.11 Å². The van der Waals surface area contributed by atoms with E-state index in [0.717, 1.165) is 6.42 Å². The molecule has 0 radical (unpaired) electrons. The van der Waals surface area contributed by atoms with Crippen LogP contribution in [0.15, 0.2) is 0 Å². The van der Waals surface area contributed by atoms with E-state index in [-0.39, 0.29) is 11.8 Å². The normalized spacial score (nSPS) is 15.1. The van der Waals surface area contributed by atoms with Crippen LogP contribution >= 0.6 is 0 Å². The van der Waals surface area contributed by atoms with E-state index in [4.69, 9.17) is 5.11 Å². The Bertz CT molecular complexity index is 221. The van der Waals surface area contributed by atoms with Crippen LogP contribution in [0.25, 0.3) is 0 Å². The third-order valence-corrected chi connectivity index (χ3v) is 1.76. The lowest BCUT2D eigenvalue weighted by atomic mass is 10.4. The van der Waals surface area contributed by atoms with Gasteiger partial charge in [-0.2, -0.15) is 0 Å². The number of likely N-dealkylation sites (tertiary alicyclic amines) is 1. The molecule has 1 saturated heterocycles. The summed E-state index contributed by atoms with van der Waals surface area (Å²) in [6.07, 6.45) is 1.82. The summed E-state index contributed by atoms with van der Waals surface area (Å²) in [5, 5.41) is 7.91. The molecule has 2 amide bonds. The predicted molar refractivity (Wildman–Crippen MR) is 49.6 cm³/mol. The second-order valence-electron chi connectivity index (χ2n) is 2.99. The zero-order valence-corrected chi connectivity index (χ0v) is 8.45. The molecule has 0 aromatic rings. The highest BCUT2D eigenvalue weighted by Crippen LogP contribution is 2.07. The molecule has 1 aliphatic rings. The van der Waals surface area contributed by atoms with Gasteiger partial charge in [-0.25, -0.2) is 0 Å². The summed E-state index contributed by atoms with van der Waals surface area (Å²) >= 11 is 0. The number of carbonyl (C=O) groups is 3. The summed E-state index contributed by atoms with van der Waals surface area (Å²) in [5.74, 6) is -0.831. The van der Waals surface area contributed by atoms with Gasteiger partial charge in [-0.3, -0.25) is 19.3 Å². The number of carboxylic acids is 1. The van der Waals surface area contributed by atoms with Crippen molar-refractivity contribution in [3.8, 4) is 0 Å². The number of rotatable bonds is 2. The molecule has 0 aromatic carbocycles. The Hall–Kier alpha value is -1.39. The number of hydrogen-bond acceptors (Lipinski definition) is 3. The highest BCUT2D eigenvalue weighted by Gasteiger charge is 2.24. The summed E-state index contributed by atoms with van der Waals surface area (Å²) in [7, 11) is 1.51. The van der Waals surface area contributed by atoms with Crippen molar-refractivity contribution in [1.82, 2.24) is 4.90 Å². The standard InChI is InChI=1S/C5H7NO2.C4H8O2/c1-6-4(7)2-3-5(6)8;1-2-3-4(5)6/h2-3H2,1H3;2-3H2,1H3,(H,5,6). The number of carbonyl (C=O) groups excluding carboxylic acids is 2. The number of aliphatic carboxylic acids is 1. The minimum absolute atomic E-state index is 0.0602. The van der Waals surface area contributed by atoms with Gasteiger partial charge in [0.05, 0.1) is 0 Å². The molecule has 0 bridgehead atoms.